The monoisotopic (exact) mass is 345 g/mol. The lowest BCUT2D eigenvalue weighted by Crippen LogP contribution is -2.55. The lowest BCUT2D eigenvalue weighted by molar-refractivity contribution is -0.146. The molecule has 25 heavy (non-hydrogen) atoms. The minimum absolute atomic E-state index is 0.00911. The maximum atomic E-state index is 12.4. The number of aliphatic hydroxyl groups excluding tert-OH is 1. The number of benzene rings is 1. The van der Waals surface area contributed by atoms with E-state index in [1.165, 1.54) is 5.56 Å². The number of piperazine rings is 1. The highest BCUT2D eigenvalue weighted by atomic mass is 16.3. The fourth-order valence-electron chi connectivity index (χ4n) is 3.53. The van der Waals surface area contributed by atoms with Crippen molar-refractivity contribution in [3.63, 3.8) is 0 Å². The van der Waals surface area contributed by atoms with Gasteiger partial charge in [-0.15, -0.1) is 0 Å². The van der Waals surface area contributed by atoms with E-state index in [4.69, 9.17) is 0 Å². The molecule has 0 spiro atoms. The van der Waals surface area contributed by atoms with Crippen LogP contribution in [0.4, 0.5) is 0 Å². The number of piperidine rings is 1. The molecule has 2 saturated heterocycles. The molecule has 0 bridgehead atoms. The standard InChI is InChI=1S/C19H27N3O3/c23-17-7-4-9-20(13-17)14-18(24)22-12-11-21(19(25)15-22)10-8-16-5-2-1-3-6-16/h1-3,5-6,17,23H,4,7-15H2/t17-/m1/s1. The van der Waals surface area contributed by atoms with Gasteiger partial charge in [0.05, 0.1) is 19.2 Å². The highest BCUT2D eigenvalue weighted by Gasteiger charge is 2.28. The van der Waals surface area contributed by atoms with Gasteiger partial charge in [-0.3, -0.25) is 14.5 Å². The van der Waals surface area contributed by atoms with E-state index in [0.717, 1.165) is 25.8 Å². The van der Waals surface area contributed by atoms with Gasteiger partial charge in [0.15, 0.2) is 0 Å². The zero-order valence-corrected chi connectivity index (χ0v) is 14.6. The maximum absolute atomic E-state index is 12.4. The van der Waals surface area contributed by atoms with Gasteiger partial charge >= 0.3 is 0 Å². The Labute approximate surface area is 149 Å². The number of β-amino-alcohol motifs (C(OH)–C–C–N with tert-alkyl or cyclic N) is 1. The SMILES string of the molecule is O=C1CN(C(=O)CN2CCC[C@@H](O)C2)CCN1CCc1ccccc1. The highest BCUT2D eigenvalue weighted by molar-refractivity contribution is 5.86. The molecule has 0 saturated carbocycles. The summed E-state index contributed by atoms with van der Waals surface area (Å²) in [6.45, 7) is 3.75. The summed E-state index contributed by atoms with van der Waals surface area (Å²) >= 11 is 0. The molecule has 6 nitrogen and oxygen atoms in total. The Morgan fingerprint density at radius 2 is 1.96 bits per heavy atom. The van der Waals surface area contributed by atoms with Gasteiger partial charge in [0.2, 0.25) is 11.8 Å². The van der Waals surface area contributed by atoms with E-state index in [-0.39, 0.29) is 24.5 Å². The van der Waals surface area contributed by atoms with Crippen molar-refractivity contribution in [2.45, 2.75) is 25.4 Å². The largest absolute Gasteiger partial charge is 0.392 e. The first-order valence-electron chi connectivity index (χ1n) is 9.12. The van der Waals surface area contributed by atoms with Crippen LogP contribution in [0.3, 0.4) is 0 Å². The molecule has 1 aromatic carbocycles. The molecule has 1 N–H and O–H groups in total. The molecule has 2 heterocycles. The van der Waals surface area contributed by atoms with Gasteiger partial charge < -0.3 is 14.9 Å². The summed E-state index contributed by atoms with van der Waals surface area (Å²) in [5.74, 6) is 0.0133. The van der Waals surface area contributed by atoms with Crippen molar-refractivity contribution in [2.24, 2.45) is 0 Å². The number of carbonyl (C=O) groups excluding carboxylic acids is 2. The number of nitrogens with zero attached hydrogens (tertiary/aromatic N) is 3. The van der Waals surface area contributed by atoms with E-state index >= 15 is 0 Å². The molecule has 1 aromatic rings. The Bertz CT molecular complexity index is 593. The zero-order chi connectivity index (χ0) is 17.6. The van der Waals surface area contributed by atoms with E-state index in [1.807, 2.05) is 28.0 Å². The average Bonchev–Trinajstić information content (AvgIpc) is 2.61. The van der Waals surface area contributed by atoms with Crippen LogP contribution in [-0.2, 0) is 16.0 Å². The molecule has 3 rings (SSSR count). The van der Waals surface area contributed by atoms with E-state index in [9.17, 15) is 14.7 Å². The molecular weight excluding hydrogens is 318 g/mol. The first kappa shape index (κ1) is 17.9. The van der Waals surface area contributed by atoms with E-state index in [1.54, 1.807) is 4.90 Å². The van der Waals surface area contributed by atoms with Crippen molar-refractivity contribution in [2.75, 3.05) is 45.8 Å². The van der Waals surface area contributed by atoms with Crippen LogP contribution in [0.25, 0.3) is 0 Å². The molecule has 2 aliphatic heterocycles. The summed E-state index contributed by atoms with van der Waals surface area (Å²) in [4.78, 5) is 30.3. The van der Waals surface area contributed by atoms with Gasteiger partial charge in [-0.2, -0.15) is 0 Å². The number of aliphatic hydroxyl groups is 1. The number of hydrogen-bond acceptors (Lipinski definition) is 4. The van der Waals surface area contributed by atoms with Crippen molar-refractivity contribution in [3.05, 3.63) is 35.9 Å². The Morgan fingerprint density at radius 3 is 2.68 bits per heavy atom. The normalized spacial score (nSPS) is 22.3. The third-order valence-electron chi connectivity index (χ3n) is 5.02. The second-order valence-electron chi connectivity index (χ2n) is 6.96. The van der Waals surface area contributed by atoms with Crippen LogP contribution in [-0.4, -0.2) is 83.5 Å². The average molecular weight is 345 g/mol. The van der Waals surface area contributed by atoms with Crippen molar-refractivity contribution < 1.29 is 14.7 Å². The first-order valence-corrected chi connectivity index (χ1v) is 9.12. The zero-order valence-electron chi connectivity index (χ0n) is 14.6. The molecule has 0 unspecified atom stereocenters. The topological polar surface area (TPSA) is 64.1 Å². The van der Waals surface area contributed by atoms with Gasteiger partial charge in [0.1, 0.15) is 0 Å². The van der Waals surface area contributed by atoms with Crippen molar-refractivity contribution in [1.82, 2.24) is 14.7 Å². The number of likely N-dealkylation sites (tertiary alicyclic amines) is 1. The van der Waals surface area contributed by atoms with Crippen LogP contribution in [0.1, 0.15) is 18.4 Å². The minimum atomic E-state index is -0.335. The molecule has 0 aliphatic carbocycles. The number of carbonyl (C=O) groups is 2. The predicted molar refractivity (Wildman–Crippen MR) is 95.0 cm³/mol. The van der Waals surface area contributed by atoms with Gasteiger partial charge in [-0.1, -0.05) is 30.3 Å². The lowest BCUT2D eigenvalue weighted by atomic mass is 10.1. The summed E-state index contributed by atoms with van der Waals surface area (Å²) in [7, 11) is 0. The minimum Gasteiger partial charge on any atom is -0.392 e. The fraction of sp³-hybridized carbons (Fsp3) is 0.579. The van der Waals surface area contributed by atoms with Crippen molar-refractivity contribution >= 4 is 11.8 Å². The molecule has 2 amide bonds. The summed E-state index contributed by atoms with van der Waals surface area (Å²) < 4.78 is 0. The Hall–Kier alpha value is -1.92. The van der Waals surface area contributed by atoms with E-state index in [2.05, 4.69) is 12.1 Å². The van der Waals surface area contributed by atoms with Gasteiger partial charge in [0.25, 0.3) is 0 Å². The predicted octanol–water partition coefficient (Wildman–Crippen LogP) is 0.357. The van der Waals surface area contributed by atoms with Gasteiger partial charge in [-0.05, 0) is 31.4 Å². The molecule has 2 aliphatic rings. The Balaban J connectivity index is 1.44. The van der Waals surface area contributed by atoms with Crippen LogP contribution in [0.2, 0.25) is 0 Å². The van der Waals surface area contributed by atoms with E-state index in [0.29, 0.717) is 32.7 Å². The summed E-state index contributed by atoms with van der Waals surface area (Å²) in [6.07, 6.45) is 2.23. The summed E-state index contributed by atoms with van der Waals surface area (Å²) in [5, 5.41) is 9.71. The molecule has 2 fully saturated rings. The van der Waals surface area contributed by atoms with Crippen molar-refractivity contribution in [3.8, 4) is 0 Å². The van der Waals surface area contributed by atoms with Crippen LogP contribution >= 0.6 is 0 Å². The number of hydrogen-bond donors (Lipinski definition) is 1. The molecule has 6 heteroatoms. The third-order valence-corrected chi connectivity index (χ3v) is 5.02. The number of amides is 2. The fourth-order valence-corrected chi connectivity index (χ4v) is 3.53. The van der Waals surface area contributed by atoms with Crippen LogP contribution in [0.15, 0.2) is 30.3 Å². The molecule has 1 atom stereocenters. The lowest BCUT2D eigenvalue weighted by Gasteiger charge is -2.36. The molecule has 0 radical (unpaired) electrons. The number of rotatable bonds is 5. The van der Waals surface area contributed by atoms with Crippen LogP contribution in [0, 0.1) is 0 Å². The molecule has 136 valence electrons. The van der Waals surface area contributed by atoms with Crippen molar-refractivity contribution in [1.29, 1.82) is 0 Å². The van der Waals surface area contributed by atoms with Gasteiger partial charge in [-0.25, -0.2) is 0 Å². The maximum Gasteiger partial charge on any atom is 0.242 e. The van der Waals surface area contributed by atoms with E-state index < -0.39 is 0 Å². The molecule has 0 aromatic heterocycles. The molecular formula is C19H27N3O3. The van der Waals surface area contributed by atoms with Gasteiger partial charge in [0, 0.05) is 26.2 Å². The third kappa shape index (κ3) is 5.03. The first-order chi connectivity index (χ1) is 12.1. The summed E-state index contributed by atoms with van der Waals surface area (Å²) in [6, 6.07) is 10.1. The smallest absolute Gasteiger partial charge is 0.242 e. The summed E-state index contributed by atoms with van der Waals surface area (Å²) in [5.41, 5.74) is 1.22. The second kappa shape index (κ2) is 8.45. The second-order valence-corrected chi connectivity index (χ2v) is 6.96. The quantitative estimate of drug-likeness (QED) is 0.837. The van der Waals surface area contributed by atoms with Crippen LogP contribution in [0.5, 0.6) is 0 Å². The Morgan fingerprint density at radius 1 is 1.16 bits per heavy atom. The van der Waals surface area contributed by atoms with Crippen LogP contribution < -0.4 is 0 Å². The highest BCUT2D eigenvalue weighted by Crippen LogP contribution is 2.11. The Kier molecular flexibility index (Phi) is 6.04.